The molecule has 0 spiro atoms. The summed E-state index contributed by atoms with van der Waals surface area (Å²) in [5.41, 5.74) is 0. The van der Waals surface area contributed by atoms with Crippen LogP contribution in [-0.2, 0) is 10.8 Å². The van der Waals surface area contributed by atoms with Crippen LogP contribution in [0.2, 0.25) is 0 Å². The van der Waals surface area contributed by atoms with Crippen molar-refractivity contribution < 1.29 is 4.21 Å². The molecule has 1 aromatic carbocycles. The van der Waals surface area contributed by atoms with Crippen molar-refractivity contribution >= 4 is 10.8 Å². The monoisotopic (exact) mass is 208 g/mol. The summed E-state index contributed by atoms with van der Waals surface area (Å²) in [5, 5.41) is 0. The summed E-state index contributed by atoms with van der Waals surface area (Å²) in [6.45, 7) is 2.16. The lowest BCUT2D eigenvalue weighted by atomic mass is 10.1. The SMILES string of the molecule is CC1(S(=O)c2ccccc2)CCCC1. The maximum absolute atomic E-state index is 12.3. The predicted molar refractivity (Wildman–Crippen MR) is 59.7 cm³/mol. The fourth-order valence-corrected chi connectivity index (χ4v) is 3.77. The van der Waals surface area contributed by atoms with Gasteiger partial charge in [0.05, 0.1) is 10.8 Å². The molecule has 76 valence electrons. The van der Waals surface area contributed by atoms with E-state index in [0.29, 0.717) is 0 Å². The summed E-state index contributed by atoms with van der Waals surface area (Å²) < 4.78 is 12.3. The number of rotatable bonds is 2. The largest absolute Gasteiger partial charge is 0.254 e. The summed E-state index contributed by atoms with van der Waals surface area (Å²) in [6.07, 6.45) is 4.67. The van der Waals surface area contributed by atoms with E-state index in [1.807, 2.05) is 30.3 Å². The highest BCUT2D eigenvalue weighted by atomic mass is 32.2. The number of hydrogen-bond donors (Lipinski definition) is 0. The minimum absolute atomic E-state index is 0.0291. The second kappa shape index (κ2) is 3.85. The third kappa shape index (κ3) is 1.76. The van der Waals surface area contributed by atoms with Gasteiger partial charge in [-0.3, -0.25) is 4.21 Å². The van der Waals surface area contributed by atoms with Crippen LogP contribution in [0.1, 0.15) is 32.6 Å². The van der Waals surface area contributed by atoms with Crippen molar-refractivity contribution in [3.63, 3.8) is 0 Å². The Morgan fingerprint density at radius 1 is 1.14 bits per heavy atom. The summed E-state index contributed by atoms with van der Waals surface area (Å²) in [4.78, 5) is 0.983. The second-order valence-corrected chi connectivity index (χ2v) is 6.23. The van der Waals surface area contributed by atoms with E-state index in [9.17, 15) is 4.21 Å². The number of hydrogen-bond acceptors (Lipinski definition) is 1. The van der Waals surface area contributed by atoms with Crippen molar-refractivity contribution in [2.24, 2.45) is 0 Å². The van der Waals surface area contributed by atoms with Gasteiger partial charge in [0.15, 0.2) is 0 Å². The van der Waals surface area contributed by atoms with E-state index >= 15 is 0 Å². The molecular weight excluding hydrogens is 192 g/mol. The lowest BCUT2D eigenvalue weighted by molar-refractivity contribution is 0.605. The van der Waals surface area contributed by atoms with Gasteiger partial charge in [-0.25, -0.2) is 0 Å². The van der Waals surface area contributed by atoms with Crippen LogP contribution in [0.5, 0.6) is 0 Å². The van der Waals surface area contributed by atoms with Crippen LogP contribution < -0.4 is 0 Å². The van der Waals surface area contributed by atoms with Crippen molar-refractivity contribution in [2.75, 3.05) is 0 Å². The molecular formula is C12H16OS. The maximum Gasteiger partial charge on any atom is 0.0589 e. The van der Waals surface area contributed by atoms with Crippen molar-refractivity contribution in [1.29, 1.82) is 0 Å². The molecule has 2 rings (SSSR count). The van der Waals surface area contributed by atoms with Crippen molar-refractivity contribution in [2.45, 2.75) is 42.2 Å². The van der Waals surface area contributed by atoms with Crippen molar-refractivity contribution in [3.05, 3.63) is 30.3 Å². The van der Waals surface area contributed by atoms with Crippen LogP contribution in [0, 0.1) is 0 Å². The molecule has 1 saturated carbocycles. The minimum atomic E-state index is -0.824. The highest BCUT2D eigenvalue weighted by Gasteiger charge is 2.35. The smallest absolute Gasteiger partial charge is 0.0589 e. The first kappa shape index (κ1) is 9.91. The molecule has 1 fully saturated rings. The van der Waals surface area contributed by atoms with Gasteiger partial charge in [0.2, 0.25) is 0 Å². The van der Waals surface area contributed by atoms with Crippen LogP contribution in [0.15, 0.2) is 35.2 Å². The third-order valence-corrected chi connectivity index (χ3v) is 5.07. The molecule has 1 unspecified atom stereocenters. The Labute approximate surface area is 88.0 Å². The molecule has 0 aliphatic heterocycles. The standard InChI is InChI=1S/C12H16OS/c1-12(9-5-6-10-12)14(13)11-7-3-2-4-8-11/h2-4,7-8H,5-6,9-10H2,1H3. The zero-order chi connectivity index (χ0) is 10.0. The fourth-order valence-electron chi connectivity index (χ4n) is 2.14. The molecule has 1 aliphatic carbocycles. The van der Waals surface area contributed by atoms with E-state index in [4.69, 9.17) is 0 Å². The third-order valence-electron chi connectivity index (χ3n) is 3.07. The normalized spacial score (nSPS) is 22.1. The van der Waals surface area contributed by atoms with Gasteiger partial charge in [0.25, 0.3) is 0 Å². The van der Waals surface area contributed by atoms with E-state index in [0.717, 1.165) is 17.7 Å². The Balaban J connectivity index is 2.24. The summed E-state index contributed by atoms with van der Waals surface area (Å²) in [6, 6.07) is 9.84. The van der Waals surface area contributed by atoms with E-state index in [2.05, 4.69) is 6.92 Å². The maximum atomic E-state index is 12.3. The van der Waals surface area contributed by atoms with Gasteiger partial charge >= 0.3 is 0 Å². The zero-order valence-corrected chi connectivity index (χ0v) is 9.35. The van der Waals surface area contributed by atoms with E-state index in [1.54, 1.807) is 0 Å². The van der Waals surface area contributed by atoms with Crippen LogP contribution in [0.3, 0.4) is 0 Å². The van der Waals surface area contributed by atoms with E-state index < -0.39 is 10.8 Å². The first-order valence-corrected chi connectivity index (χ1v) is 6.34. The van der Waals surface area contributed by atoms with Gasteiger partial charge in [-0.2, -0.15) is 0 Å². The lowest BCUT2D eigenvalue weighted by Gasteiger charge is -2.22. The van der Waals surface area contributed by atoms with Crippen LogP contribution >= 0.6 is 0 Å². The van der Waals surface area contributed by atoms with Gasteiger partial charge in [-0.1, -0.05) is 31.0 Å². The molecule has 1 aliphatic rings. The van der Waals surface area contributed by atoms with Crippen molar-refractivity contribution in [1.82, 2.24) is 0 Å². The first-order valence-electron chi connectivity index (χ1n) is 5.19. The van der Waals surface area contributed by atoms with E-state index in [1.165, 1.54) is 12.8 Å². The Morgan fingerprint density at radius 2 is 1.71 bits per heavy atom. The fraction of sp³-hybridized carbons (Fsp3) is 0.500. The van der Waals surface area contributed by atoms with Gasteiger partial charge in [0, 0.05) is 9.64 Å². The Kier molecular flexibility index (Phi) is 2.73. The Hall–Kier alpha value is -0.630. The molecule has 1 nitrogen and oxygen atoms in total. The molecule has 0 aromatic heterocycles. The average molecular weight is 208 g/mol. The van der Waals surface area contributed by atoms with Crippen molar-refractivity contribution in [3.8, 4) is 0 Å². The summed E-state index contributed by atoms with van der Waals surface area (Å²) in [5.74, 6) is 0. The van der Waals surface area contributed by atoms with E-state index in [-0.39, 0.29) is 4.75 Å². The molecule has 2 heteroatoms. The second-order valence-electron chi connectivity index (χ2n) is 4.24. The van der Waals surface area contributed by atoms with Crippen LogP contribution in [0.4, 0.5) is 0 Å². The minimum Gasteiger partial charge on any atom is -0.254 e. The highest BCUT2D eigenvalue weighted by molar-refractivity contribution is 7.86. The average Bonchev–Trinajstić information content (AvgIpc) is 2.67. The molecule has 0 radical (unpaired) electrons. The molecule has 1 aromatic rings. The molecule has 0 amide bonds. The molecule has 14 heavy (non-hydrogen) atoms. The van der Waals surface area contributed by atoms with Gasteiger partial charge in [-0.15, -0.1) is 0 Å². The zero-order valence-electron chi connectivity index (χ0n) is 8.53. The van der Waals surface area contributed by atoms with Crippen LogP contribution in [0.25, 0.3) is 0 Å². The Morgan fingerprint density at radius 3 is 2.29 bits per heavy atom. The van der Waals surface area contributed by atoms with Gasteiger partial charge in [-0.05, 0) is 31.9 Å². The lowest BCUT2D eigenvalue weighted by Crippen LogP contribution is -2.26. The quantitative estimate of drug-likeness (QED) is 0.729. The number of benzene rings is 1. The molecule has 0 bridgehead atoms. The Bertz CT molecular complexity index is 325. The van der Waals surface area contributed by atoms with Crippen LogP contribution in [-0.4, -0.2) is 8.96 Å². The summed E-state index contributed by atoms with van der Waals surface area (Å²) in [7, 11) is -0.824. The van der Waals surface area contributed by atoms with Gasteiger partial charge in [0.1, 0.15) is 0 Å². The molecule has 0 saturated heterocycles. The topological polar surface area (TPSA) is 17.1 Å². The predicted octanol–water partition coefficient (Wildman–Crippen LogP) is 3.13. The molecule has 0 heterocycles. The molecule has 1 atom stereocenters. The highest BCUT2D eigenvalue weighted by Crippen LogP contribution is 2.37. The summed E-state index contributed by atoms with van der Waals surface area (Å²) >= 11 is 0. The van der Waals surface area contributed by atoms with Gasteiger partial charge < -0.3 is 0 Å². The first-order chi connectivity index (χ1) is 6.72. The molecule has 0 N–H and O–H groups in total.